The third kappa shape index (κ3) is 5.64. The van der Waals surface area contributed by atoms with Crippen molar-refractivity contribution >= 4 is 28.9 Å². The maximum atomic E-state index is 12.4. The minimum absolute atomic E-state index is 0.00645. The number of carbonyl (C=O) groups excluding carboxylic acids is 2. The lowest BCUT2D eigenvalue weighted by atomic mass is 9.97. The molecule has 8 nitrogen and oxygen atoms in total. The third-order valence-electron chi connectivity index (χ3n) is 4.77. The minimum Gasteiger partial charge on any atom is -0.444 e. The lowest BCUT2D eigenvalue weighted by molar-refractivity contribution is 0.0202. The smallest absolute Gasteiger partial charge is 0.410 e. The number of rotatable bonds is 2. The molecule has 0 bridgehead atoms. The Kier molecular flexibility index (Phi) is 5.97. The van der Waals surface area contributed by atoms with Crippen LogP contribution in [0.15, 0.2) is 22.6 Å². The molecule has 0 spiro atoms. The van der Waals surface area contributed by atoms with E-state index in [1.807, 2.05) is 47.6 Å². The van der Waals surface area contributed by atoms with Crippen molar-refractivity contribution in [3.05, 3.63) is 24.1 Å². The van der Waals surface area contributed by atoms with Crippen molar-refractivity contribution in [2.24, 2.45) is 0 Å². The second kappa shape index (κ2) is 8.16. The first-order valence-electron chi connectivity index (χ1n) is 10.4. The predicted molar refractivity (Wildman–Crippen MR) is 116 cm³/mol. The summed E-state index contributed by atoms with van der Waals surface area (Å²) < 4.78 is 11.2. The van der Waals surface area contributed by atoms with E-state index < -0.39 is 5.60 Å². The van der Waals surface area contributed by atoms with Gasteiger partial charge < -0.3 is 24.7 Å². The Morgan fingerprint density at radius 2 is 1.80 bits per heavy atom. The van der Waals surface area contributed by atoms with E-state index in [4.69, 9.17) is 9.15 Å². The highest BCUT2D eigenvalue weighted by Crippen LogP contribution is 2.27. The SMILES string of the molecule is CC(C)(C)OC(=O)N1CCC(NC(=O)Nc2ccc3oc(C(C)(C)C)nc3c2)CC1. The maximum Gasteiger partial charge on any atom is 0.410 e. The van der Waals surface area contributed by atoms with E-state index in [2.05, 4.69) is 15.6 Å². The largest absolute Gasteiger partial charge is 0.444 e. The Labute approximate surface area is 177 Å². The first-order chi connectivity index (χ1) is 13.9. The van der Waals surface area contributed by atoms with Gasteiger partial charge in [0.2, 0.25) is 5.89 Å². The van der Waals surface area contributed by atoms with Gasteiger partial charge in [-0.2, -0.15) is 0 Å². The van der Waals surface area contributed by atoms with Gasteiger partial charge in [0.15, 0.2) is 5.58 Å². The number of benzene rings is 1. The van der Waals surface area contributed by atoms with Gasteiger partial charge in [0.1, 0.15) is 11.1 Å². The van der Waals surface area contributed by atoms with Crippen molar-refractivity contribution in [3.63, 3.8) is 0 Å². The van der Waals surface area contributed by atoms with Crippen molar-refractivity contribution in [2.45, 2.75) is 71.4 Å². The van der Waals surface area contributed by atoms with E-state index in [1.165, 1.54) is 0 Å². The molecule has 1 aromatic carbocycles. The molecule has 1 aromatic heterocycles. The third-order valence-corrected chi connectivity index (χ3v) is 4.77. The highest BCUT2D eigenvalue weighted by atomic mass is 16.6. The molecule has 30 heavy (non-hydrogen) atoms. The van der Waals surface area contributed by atoms with Crippen molar-refractivity contribution in [1.29, 1.82) is 0 Å². The minimum atomic E-state index is -0.509. The van der Waals surface area contributed by atoms with Gasteiger partial charge >= 0.3 is 12.1 Å². The molecular weight excluding hydrogens is 384 g/mol. The van der Waals surface area contributed by atoms with E-state index >= 15 is 0 Å². The van der Waals surface area contributed by atoms with Crippen molar-refractivity contribution < 1.29 is 18.7 Å². The summed E-state index contributed by atoms with van der Waals surface area (Å²) in [7, 11) is 0. The number of fused-ring (bicyclic) bond motifs is 1. The fourth-order valence-electron chi connectivity index (χ4n) is 3.21. The normalized spacial score (nSPS) is 15.9. The molecule has 0 saturated carbocycles. The van der Waals surface area contributed by atoms with Gasteiger partial charge in [-0.25, -0.2) is 14.6 Å². The first-order valence-corrected chi connectivity index (χ1v) is 10.4. The molecule has 1 aliphatic rings. The summed E-state index contributed by atoms with van der Waals surface area (Å²) in [6, 6.07) is 5.15. The van der Waals surface area contributed by atoms with Gasteiger partial charge in [0, 0.05) is 30.2 Å². The molecule has 3 rings (SSSR count). The topological polar surface area (TPSA) is 96.7 Å². The number of ether oxygens (including phenoxy) is 1. The highest BCUT2D eigenvalue weighted by molar-refractivity contribution is 5.91. The Balaban J connectivity index is 1.52. The van der Waals surface area contributed by atoms with Crippen LogP contribution in [-0.2, 0) is 10.2 Å². The highest BCUT2D eigenvalue weighted by Gasteiger charge is 2.27. The van der Waals surface area contributed by atoms with Crippen LogP contribution in [0, 0.1) is 0 Å². The number of nitrogens with zero attached hydrogens (tertiary/aromatic N) is 2. The molecule has 3 amide bonds. The summed E-state index contributed by atoms with van der Waals surface area (Å²) in [4.78, 5) is 30.8. The Morgan fingerprint density at radius 1 is 1.13 bits per heavy atom. The Bertz CT molecular complexity index is 915. The molecule has 164 valence electrons. The number of amides is 3. The number of aromatic nitrogens is 1. The molecule has 2 aromatic rings. The maximum absolute atomic E-state index is 12.4. The van der Waals surface area contributed by atoms with Crippen LogP contribution >= 0.6 is 0 Å². The van der Waals surface area contributed by atoms with Gasteiger partial charge in [0.25, 0.3) is 0 Å². The second-order valence-corrected chi connectivity index (χ2v) is 9.79. The van der Waals surface area contributed by atoms with Crippen molar-refractivity contribution in [3.8, 4) is 0 Å². The lowest BCUT2D eigenvalue weighted by Crippen LogP contribution is -2.48. The van der Waals surface area contributed by atoms with Crippen LogP contribution in [0.2, 0.25) is 0 Å². The van der Waals surface area contributed by atoms with Gasteiger partial charge in [0.05, 0.1) is 0 Å². The predicted octanol–water partition coefficient (Wildman–Crippen LogP) is 4.65. The molecule has 0 atom stereocenters. The number of anilines is 1. The van der Waals surface area contributed by atoms with Crippen molar-refractivity contribution in [1.82, 2.24) is 15.2 Å². The first kappa shape index (κ1) is 21.9. The standard InChI is InChI=1S/C22H32N4O4/c1-21(2,3)18-25-16-13-15(7-8-17(16)29-18)24-19(27)23-14-9-11-26(12-10-14)20(28)30-22(4,5)6/h7-8,13-14H,9-12H2,1-6H3,(H2,23,24,27). The van der Waals surface area contributed by atoms with Crippen LogP contribution in [0.4, 0.5) is 15.3 Å². The number of nitrogens with one attached hydrogen (secondary N) is 2. The van der Waals surface area contributed by atoms with Crippen LogP contribution in [-0.4, -0.2) is 46.7 Å². The zero-order valence-electron chi connectivity index (χ0n) is 18.7. The second-order valence-electron chi connectivity index (χ2n) is 9.79. The summed E-state index contributed by atoms with van der Waals surface area (Å²) in [6.07, 6.45) is 1.06. The van der Waals surface area contributed by atoms with E-state index in [0.29, 0.717) is 48.6 Å². The molecule has 2 heterocycles. The zero-order valence-corrected chi connectivity index (χ0v) is 18.7. The molecule has 1 aliphatic heterocycles. The lowest BCUT2D eigenvalue weighted by Gasteiger charge is -2.33. The van der Waals surface area contributed by atoms with E-state index in [0.717, 1.165) is 0 Å². The van der Waals surface area contributed by atoms with Crippen LogP contribution in [0.5, 0.6) is 0 Å². The van der Waals surface area contributed by atoms with Crippen LogP contribution in [0.3, 0.4) is 0 Å². The number of carbonyl (C=O) groups is 2. The molecule has 0 aliphatic carbocycles. The van der Waals surface area contributed by atoms with E-state index in [9.17, 15) is 9.59 Å². The Hall–Kier alpha value is -2.77. The monoisotopic (exact) mass is 416 g/mol. The molecule has 0 unspecified atom stereocenters. The number of urea groups is 1. The van der Waals surface area contributed by atoms with Gasteiger partial charge in [-0.1, -0.05) is 20.8 Å². The number of oxazole rings is 1. The molecule has 1 saturated heterocycles. The summed E-state index contributed by atoms with van der Waals surface area (Å²) in [5.74, 6) is 0.663. The Morgan fingerprint density at radius 3 is 2.40 bits per heavy atom. The number of hydrogen-bond donors (Lipinski definition) is 2. The number of piperidine rings is 1. The summed E-state index contributed by atoms with van der Waals surface area (Å²) in [5, 5.41) is 5.84. The van der Waals surface area contributed by atoms with E-state index in [1.54, 1.807) is 17.0 Å². The molecule has 1 fully saturated rings. The average Bonchev–Trinajstić information content (AvgIpc) is 3.04. The fraction of sp³-hybridized carbons (Fsp3) is 0.591. The summed E-state index contributed by atoms with van der Waals surface area (Å²) >= 11 is 0. The quantitative estimate of drug-likeness (QED) is 0.743. The van der Waals surface area contributed by atoms with Crippen LogP contribution < -0.4 is 10.6 Å². The van der Waals surface area contributed by atoms with E-state index in [-0.39, 0.29) is 23.6 Å². The fourth-order valence-corrected chi connectivity index (χ4v) is 3.21. The molecule has 2 N–H and O–H groups in total. The van der Waals surface area contributed by atoms with Crippen LogP contribution in [0.1, 0.15) is 60.3 Å². The summed E-state index contributed by atoms with van der Waals surface area (Å²) in [5.41, 5.74) is 1.37. The summed E-state index contributed by atoms with van der Waals surface area (Å²) in [6.45, 7) is 12.8. The van der Waals surface area contributed by atoms with Crippen LogP contribution in [0.25, 0.3) is 11.1 Å². The number of likely N-dealkylation sites (tertiary alicyclic amines) is 1. The average molecular weight is 417 g/mol. The van der Waals surface area contributed by atoms with Crippen molar-refractivity contribution in [2.75, 3.05) is 18.4 Å². The molecule has 0 radical (unpaired) electrons. The number of hydrogen-bond acceptors (Lipinski definition) is 5. The van der Waals surface area contributed by atoms with Gasteiger partial charge in [-0.3, -0.25) is 0 Å². The zero-order chi connectivity index (χ0) is 22.1. The van der Waals surface area contributed by atoms with Gasteiger partial charge in [-0.15, -0.1) is 0 Å². The van der Waals surface area contributed by atoms with Gasteiger partial charge in [-0.05, 0) is 51.8 Å². The molecule has 8 heteroatoms. The molecular formula is C22H32N4O4.